The second-order valence-corrected chi connectivity index (χ2v) is 15.2. The molecule has 0 spiro atoms. The second kappa shape index (κ2) is 4.31. The molecule has 0 bridgehead atoms. The summed E-state index contributed by atoms with van der Waals surface area (Å²) >= 11 is 6.90. The van der Waals surface area contributed by atoms with Crippen LogP contribution < -0.4 is 0 Å². The summed E-state index contributed by atoms with van der Waals surface area (Å²) in [5.74, 6) is 0. The number of alkyl halides is 1. The lowest BCUT2D eigenvalue weighted by atomic mass is 10.00. The number of hydrogen-bond acceptors (Lipinski definition) is 0. The molecule has 16 heavy (non-hydrogen) atoms. The quantitative estimate of drug-likeness (QED) is 0.410. The lowest BCUT2D eigenvalue weighted by Crippen LogP contribution is -2.60. The second-order valence-electron chi connectivity index (χ2n) is 8.43. The third-order valence-electron chi connectivity index (χ3n) is 4.38. The topological polar surface area (TPSA) is 0 Å². The molecule has 1 atom stereocenters. The van der Waals surface area contributed by atoms with Crippen LogP contribution in [0.25, 0.3) is 0 Å². The summed E-state index contributed by atoms with van der Waals surface area (Å²) in [6.45, 7) is 23.5. The summed E-state index contributed by atoms with van der Waals surface area (Å²) in [6, 6.07) is 0. The van der Waals surface area contributed by atoms with Gasteiger partial charge >= 0.3 is 0 Å². The fourth-order valence-corrected chi connectivity index (χ4v) is 10.2. The molecule has 0 nitrogen and oxygen atoms in total. The zero-order valence-electron chi connectivity index (χ0n) is 13.0. The fourth-order valence-electron chi connectivity index (χ4n) is 2.75. The molecule has 0 aliphatic carbocycles. The Balaban J connectivity index is 5.63. The number of rotatable bonds is 1. The van der Waals surface area contributed by atoms with Crippen molar-refractivity contribution in [3.63, 3.8) is 0 Å². The summed E-state index contributed by atoms with van der Waals surface area (Å²) in [5, 5.41) is 0.940. The Bertz CT molecular complexity index is 223. The van der Waals surface area contributed by atoms with Crippen molar-refractivity contribution in [3.05, 3.63) is 0 Å². The molecule has 0 aliphatic heterocycles. The standard InChI is InChI=1S/C14H31ClSi/c1-12(2,3)11(15)16(10,13(4,5)6)14(7,8)9/h11H,1-10H3. The fraction of sp³-hybridized carbons (Fsp3) is 1.00. The number of hydrogen-bond donors (Lipinski definition) is 0. The Morgan fingerprint density at radius 2 is 1.00 bits per heavy atom. The van der Waals surface area contributed by atoms with E-state index in [0.717, 1.165) is 0 Å². The lowest BCUT2D eigenvalue weighted by Gasteiger charge is -2.55. The van der Waals surface area contributed by atoms with E-state index in [1.165, 1.54) is 0 Å². The minimum absolute atomic E-state index is 0.184. The van der Waals surface area contributed by atoms with Gasteiger partial charge in [0, 0.05) is 5.00 Å². The van der Waals surface area contributed by atoms with E-state index in [4.69, 9.17) is 11.6 Å². The first kappa shape index (κ1) is 16.5. The average molecular weight is 263 g/mol. The van der Waals surface area contributed by atoms with Crippen molar-refractivity contribution >= 4 is 19.7 Å². The van der Waals surface area contributed by atoms with Gasteiger partial charge in [0.05, 0.1) is 8.07 Å². The van der Waals surface area contributed by atoms with Gasteiger partial charge < -0.3 is 0 Å². The van der Waals surface area contributed by atoms with Crippen LogP contribution in [0.15, 0.2) is 0 Å². The van der Waals surface area contributed by atoms with Gasteiger partial charge in [0.2, 0.25) is 0 Å². The predicted molar refractivity (Wildman–Crippen MR) is 80.1 cm³/mol. The molecule has 0 rings (SSSR count). The Hall–Kier alpha value is 0.507. The third-order valence-corrected chi connectivity index (χ3v) is 14.5. The van der Waals surface area contributed by atoms with Gasteiger partial charge in [0.25, 0.3) is 0 Å². The summed E-state index contributed by atoms with van der Waals surface area (Å²) in [7, 11) is -1.63. The van der Waals surface area contributed by atoms with Crippen molar-refractivity contribution in [2.75, 3.05) is 0 Å². The first-order chi connectivity index (χ1) is 6.65. The largest absolute Gasteiger partial charge is 0.126 e. The molecular weight excluding hydrogens is 232 g/mol. The van der Waals surface area contributed by atoms with Crippen LogP contribution in [-0.2, 0) is 0 Å². The Morgan fingerprint density at radius 3 is 1.06 bits per heavy atom. The predicted octanol–water partition coefficient (Wildman–Crippen LogP) is 5.86. The molecular formula is C14H31ClSi. The van der Waals surface area contributed by atoms with E-state index in [1.807, 2.05) is 0 Å². The molecule has 2 heteroatoms. The first-order valence-electron chi connectivity index (χ1n) is 6.30. The smallest absolute Gasteiger partial charge is 0.0821 e. The van der Waals surface area contributed by atoms with E-state index in [1.54, 1.807) is 0 Å². The summed E-state index contributed by atoms with van der Waals surface area (Å²) in [6.07, 6.45) is 0. The molecule has 98 valence electrons. The Kier molecular flexibility index (Phi) is 4.45. The zero-order valence-corrected chi connectivity index (χ0v) is 14.7. The Morgan fingerprint density at radius 1 is 0.750 bits per heavy atom. The number of halogens is 1. The van der Waals surface area contributed by atoms with Crippen LogP contribution in [0, 0.1) is 5.41 Å². The van der Waals surface area contributed by atoms with Crippen LogP contribution in [0.4, 0.5) is 0 Å². The van der Waals surface area contributed by atoms with E-state index in [0.29, 0.717) is 15.1 Å². The van der Waals surface area contributed by atoms with Crippen molar-refractivity contribution in [1.29, 1.82) is 0 Å². The summed E-state index contributed by atoms with van der Waals surface area (Å²) in [5.41, 5.74) is 0.184. The molecule has 0 saturated carbocycles. The van der Waals surface area contributed by atoms with Gasteiger partial charge in [-0.25, -0.2) is 0 Å². The zero-order chi connectivity index (χ0) is 13.6. The maximum atomic E-state index is 6.90. The van der Waals surface area contributed by atoms with Crippen molar-refractivity contribution in [1.82, 2.24) is 0 Å². The van der Waals surface area contributed by atoms with Gasteiger partial charge in [-0.1, -0.05) is 68.9 Å². The first-order valence-corrected chi connectivity index (χ1v) is 9.31. The molecule has 0 aromatic carbocycles. The molecule has 0 N–H and O–H groups in total. The van der Waals surface area contributed by atoms with E-state index in [2.05, 4.69) is 68.9 Å². The van der Waals surface area contributed by atoms with Gasteiger partial charge in [0.15, 0.2) is 0 Å². The molecule has 0 aromatic heterocycles. The maximum Gasteiger partial charge on any atom is 0.0821 e. The van der Waals surface area contributed by atoms with Crippen molar-refractivity contribution < 1.29 is 0 Å². The highest BCUT2D eigenvalue weighted by molar-refractivity contribution is 6.90. The lowest BCUT2D eigenvalue weighted by molar-refractivity contribution is 0.418. The summed E-state index contributed by atoms with van der Waals surface area (Å²) < 4.78 is 0. The van der Waals surface area contributed by atoms with Gasteiger partial charge in [-0.3, -0.25) is 0 Å². The van der Waals surface area contributed by atoms with Crippen LogP contribution in [0.2, 0.25) is 16.6 Å². The monoisotopic (exact) mass is 262 g/mol. The molecule has 0 aliphatic rings. The van der Waals surface area contributed by atoms with E-state index in [9.17, 15) is 0 Å². The molecule has 0 radical (unpaired) electrons. The summed E-state index contributed by atoms with van der Waals surface area (Å²) in [4.78, 5) is 0. The van der Waals surface area contributed by atoms with Gasteiger partial charge in [-0.15, -0.1) is 11.6 Å². The molecule has 0 fully saturated rings. The minimum Gasteiger partial charge on any atom is -0.126 e. The highest BCUT2D eigenvalue weighted by atomic mass is 35.5. The molecule has 0 amide bonds. The van der Waals surface area contributed by atoms with Crippen LogP contribution in [-0.4, -0.2) is 13.1 Å². The van der Waals surface area contributed by atoms with Gasteiger partial charge in [-0.2, -0.15) is 0 Å². The Labute approximate surface area is 109 Å². The van der Waals surface area contributed by atoms with Crippen LogP contribution in [0.5, 0.6) is 0 Å². The van der Waals surface area contributed by atoms with Crippen LogP contribution >= 0.6 is 11.6 Å². The van der Waals surface area contributed by atoms with Crippen molar-refractivity contribution in [2.45, 2.75) is 83.9 Å². The molecule has 1 unspecified atom stereocenters. The van der Waals surface area contributed by atoms with E-state index in [-0.39, 0.29) is 5.41 Å². The highest BCUT2D eigenvalue weighted by Gasteiger charge is 2.56. The third kappa shape index (κ3) is 2.84. The van der Waals surface area contributed by atoms with Crippen LogP contribution in [0.1, 0.15) is 62.3 Å². The van der Waals surface area contributed by atoms with E-state index < -0.39 is 8.07 Å². The molecule has 0 saturated heterocycles. The van der Waals surface area contributed by atoms with E-state index >= 15 is 0 Å². The van der Waals surface area contributed by atoms with Gasteiger partial charge in [0.1, 0.15) is 0 Å². The molecule has 0 heterocycles. The SMILES string of the molecule is CC(C)(C)C(Cl)[Si](C)(C(C)(C)C)C(C)(C)C. The minimum atomic E-state index is -1.63. The van der Waals surface area contributed by atoms with Gasteiger partial charge in [-0.05, 0) is 15.5 Å². The normalized spacial score (nSPS) is 17.4. The van der Waals surface area contributed by atoms with Crippen LogP contribution in [0.3, 0.4) is 0 Å². The highest BCUT2D eigenvalue weighted by Crippen LogP contribution is 2.56. The van der Waals surface area contributed by atoms with Crippen molar-refractivity contribution in [2.24, 2.45) is 5.41 Å². The van der Waals surface area contributed by atoms with Crippen molar-refractivity contribution in [3.8, 4) is 0 Å². The maximum absolute atomic E-state index is 6.90. The average Bonchev–Trinajstić information content (AvgIpc) is 1.95. The molecule has 0 aromatic rings.